The number of hydrogen-bond acceptors (Lipinski definition) is 5. The first-order chi connectivity index (χ1) is 15.9. The van der Waals surface area contributed by atoms with E-state index in [0.29, 0.717) is 25.4 Å². The molecule has 1 saturated heterocycles. The largest absolute Gasteiger partial charge is 0.349 e. The molecule has 7 nitrogen and oxygen atoms in total. The molecule has 3 rings (SSSR count). The number of rotatable bonds is 10. The van der Waals surface area contributed by atoms with Gasteiger partial charge in [0.2, 0.25) is 11.8 Å². The molecule has 1 aromatic carbocycles. The van der Waals surface area contributed by atoms with Crippen molar-refractivity contribution in [2.45, 2.75) is 84.1 Å². The number of nitrogens with one attached hydrogen (secondary N) is 1. The van der Waals surface area contributed by atoms with E-state index in [2.05, 4.69) is 53.6 Å². The number of carbonyl (C=O) groups is 2. The number of carbonyl (C=O) groups excluding carboxylic acids is 2. The average molecular weight is 472 g/mol. The smallest absolute Gasteiger partial charge is 0.230 e. The highest BCUT2D eigenvalue weighted by molar-refractivity contribution is 7.99. The third kappa shape index (κ3) is 7.32. The Morgan fingerprint density at radius 3 is 2.58 bits per heavy atom. The normalized spacial score (nSPS) is 15.5. The Kier molecular flexibility index (Phi) is 9.35. The molecule has 1 unspecified atom stereocenters. The molecule has 2 aromatic rings. The summed E-state index contributed by atoms with van der Waals surface area (Å²) >= 11 is 1.39. The highest BCUT2D eigenvalue weighted by Crippen LogP contribution is 2.21. The zero-order chi connectivity index (χ0) is 23.8. The second-order valence-electron chi connectivity index (χ2n) is 9.19. The highest BCUT2D eigenvalue weighted by Gasteiger charge is 2.21. The number of aromatic nitrogens is 3. The lowest BCUT2D eigenvalue weighted by Gasteiger charge is -2.20. The maximum absolute atomic E-state index is 12.6. The van der Waals surface area contributed by atoms with Crippen LogP contribution in [0.25, 0.3) is 0 Å². The van der Waals surface area contributed by atoms with Crippen LogP contribution < -0.4 is 5.32 Å². The van der Waals surface area contributed by atoms with Crippen molar-refractivity contribution in [1.29, 1.82) is 0 Å². The summed E-state index contributed by atoms with van der Waals surface area (Å²) in [6.07, 6.45) is 4.77. The van der Waals surface area contributed by atoms with Crippen LogP contribution in [0.1, 0.15) is 76.4 Å². The summed E-state index contributed by atoms with van der Waals surface area (Å²) in [6, 6.07) is 8.43. The van der Waals surface area contributed by atoms with Crippen molar-refractivity contribution in [3.63, 3.8) is 0 Å². The quantitative estimate of drug-likeness (QED) is 0.521. The Morgan fingerprint density at radius 1 is 1.12 bits per heavy atom. The lowest BCUT2D eigenvalue weighted by atomic mass is 10.00. The zero-order valence-corrected chi connectivity index (χ0v) is 21.2. The maximum Gasteiger partial charge on any atom is 0.230 e. The molecule has 0 spiro atoms. The van der Waals surface area contributed by atoms with Crippen molar-refractivity contribution in [2.24, 2.45) is 5.92 Å². The van der Waals surface area contributed by atoms with Crippen LogP contribution in [0.2, 0.25) is 0 Å². The molecule has 2 amide bonds. The third-order valence-corrected chi connectivity index (χ3v) is 6.91. The van der Waals surface area contributed by atoms with Gasteiger partial charge in [0, 0.05) is 19.5 Å². The molecule has 2 heterocycles. The summed E-state index contributed by atoms with van der Waals surface area (Å²) in [4.78, 5) is 26.8. The van der Waals surface area contributed by atoms with Crippen LogP contribution in [0.5, 0.6) is 0 Å². The molecule has 1 N–H and O–H groups in total. The van der Waals surface area contributed by atoms with E-state index in [1.165, 1.54) is 17.3 Å². The second kappa shape index (κ2) is 12.2. The molecular formula is C25H37N5O2S. The monoisotopic (exact) mass is 471 g/mol. The predicted octanol–water partition coefficient (Wildman–Crippen LogP) is 4.37. The lowest BCUT2D eigenvalue weighted by Crippen LogP contribution is -2.31. The standard InChI is InChI=1S/C25H37N5O2S/c1-5-30-22(16-29-14-8-6-7-9-24(29)32)27-28-25(30)33-17-23(31)26-19(4)21-12-10-20(11-13-21)15-18(2)3/h10-13,18-19H,5-9,14-17H2,1-4H3,(H,26,31). The minimum Gasteiger partial charge on any atom is -0.349 e. The van der Waals surface area contributed by atoms with Crippen molar-refractivity contribution < 1.29 is 9.59 Å². The van der Waals surface area contributed by atoms with Gasteiger partial charge >= 0.3 is 0 Å². The van der Waals surface area contributed by atoms with Gasteiger partial charge < -0.3 is 14.8 Å². The third-order valence-electron chi connectivity index (χ3n) is 5.95. The van der Waals surface area contributed by atoms with Gasteiger partial charge in [-0.15, -0.1) is 10.2 Å². The first kappa shape index (κ1) is 25.3. The molecule has 8 heteroatoms. The first-order valence-electron chi connectivity index (χ1n) is 12.1. The Morgan fingerprint density at radius 2 is 1.88 bits per heavy atom. The highest BCUT2D eigenvalue weighted by atomic mass is 32.2. The van der Waals surface area contributed by atoms with Crippen LogP contribution in [0, 0.1) is 5.92 Å². The molecule has 1 atom stereocenters. The van der Waals surface area contributed by atoms with Gasteiger partial charge in [0.1, 0.15) is 0 Å². The number of hydrogen-bond donors (Lipinski definition) is 1. The maximum atomic E-state index is 12.6. The first-order valence-corrected chi connectivity index (χ1v) is 13.1. The topological polar surface area (TPSA) is 80.1 Å². The molecule has 0 bridgehead atoms. The van der Waals surface area contributed by atoms with E-state index in [1.54, 1.807) is 0 Å². The van der Waals surface area contributed by atoms with E-state index in [-0.39, 0.29) is 23.6 Å². The van der Waals surface area contributed by atoms with Crippen LogP contribution in [0.4, 0.5) is 0 Å². The van der Waals surface area contributed by atoms with Crippen LogP contribution in [-0.4, -0.2) is 43.8 Å². The second-order valence-corrected chi connectivity index (χ2v) is 10.1. The Labute approximate surface area is 201 Å². The van der Waals surface area contributed by atoms with E-state index in [9.17, 15) is 9.59 Å². The Balaban J connectivity index is 1.53. The number of amides is 2. The van der Waals surface area contributed by atoms with Crippen molar-refractivity contribution >= 4 is 23.6 Å². The number of benzene rings is 1. The van der Waals surface area contributed by atoms with Crippen LogP contribution in [0.3, 0.4) is 0 Å². The number of likely N-dealkylation sites (tertiary alicyclic amines) is 1. The molecule has 0 aliphatic carbocycles. The molecule has 1 aromatic heterocycles. The number of nitrogens with zero attached hydrogens (tertiary/aromatic N) is 4. The van der Waals surface area contributed by atoms with Gasteiger partial charge in [0.25, 0.3) is 0 Å². The summed E-state index contributed by atoms with van der Waals surface area (Å²) in [7, 11) is 0. The summed E-state index contributed by atoms with van der Waals surface area (Å²) in [6.45, 7) is 10.4. The molecular weight excluding hydrogens is 434 g/mol. The van der Waals surface area contributed by atoms with Crippen LogP contribution >= 0.6 is 11.8 Å². The summed E-state index contributed by atoms with van der Waals surface area (Å²) in [5, 5.41) is 12.4. The summed E-state index contributed by atoms with van der Waals surface area (Å²) < 4.78 is 2.01. The van der Waals surface area contributed by atoms with Gasteiger partial charge in [-0.05, 0) is 50.2 Å². The molecule has 1 fully saturated rings. The lowest BCUT2D eigenvalue weighted by molar-refractivity contribution is -0.131. The molecule has 33 heavy (non-hydrogen) atoms. The summed E-state index contributed by atoms with van der Waals surface area (Å²) in [5.74, 6) is 1.84. The minimum atomic E-state index is -0.0557. The van der Waals surface area contributed by atoms with Crippen molar-refractivity contribution in [3.8, 4) is 0 Å². The van der Waals surface area contributed by atoms with Crippen LogP contribution in [-0.2, 0) is 29.1 Å². The van der Waals surface area contributed by atoms with E-state index < -0.39 is 0 Å². The molecule has 0 saturated carbocycles. The fourth-order valence-corrected chi connectivity index (χ4v) is 4.98. The minimum absolute atomic E-state index is 0.0337. The Hall–Kier alpha value is -2.35. The van der Waals surface area contributed by atoms with Crippen molar-refractivity contribution in [3.05, 3.63) is 41.2 Å². The van der Waals surface area contributed by atoms with E-state index in [4.69, 9.17) is 0 Å². The number of thioether (sulfide) groups is 1. The van der Waals surface area contributed by atoms with Gasteiger partial charge in [-0.2, -0.15) is 0 Å². The van der Waals surface area contributed by atoms with E-state index >= 15 is 0 Å². The zero-order valence-electron chi connectivity index (χ0n) is 20.3. The van der Waals surface area contributed by atoms with Crippen molar-refractivity contribution in [2.75, 3.05) is 12.3 Å². The average Bonchev–Trinajstić information content (AvgIpc) is 3.06. The fourth-order valence-electron chi connectivity index (χ4n) is 4.15. The van der Waals surface area contributed by atoms with Crippen LogP contribution in [0.15, 0.2) is 29.4 Å². The Bertz CT molecular complexity index is 925. The fraction of sp³-hybridized carbons (Fsp3) is 0.600. The molecule has 1 aliphatic rings. The van der Waals surface area contributed by atoms with Gasteiger partial charge in [-0.25, -0.2) is 0 Å². The van der Waals surface area contributed by atoms with Gasteiger partial charge in [0.15, 0.2) is 11.0 Å². The molecule has 1 aliphatic heterocycles. The SMILES string of the molecule is CCn1c(CN2CCCCCC2=O)nnc1SCC(=O)NC(C)c1ccc(CC(C)C)cc1. The molecule has 0 radical (unpaired) electrons. The van der Waals surface area contributed by atoms with E-state index in [0.717, 1.165) is 48.8 Å². The molecule has 180 valence electrons. The van der Waals surface area contributed by atoms with Gasteiger partial charge in [-0.1, -0.05) is 56.3 Å². The van der Waals surface area contributed by atoms with Crippen molar-refractivity contribution in [1.82, 2.24) is 25.0 Å². The van der Waals surface area contributed by atoms with E-state index in [1.807, 2.05) is 23.3 Å². The predicted molar refractivity (Wildman–Crippen MR) is 132 cm³/mol. The van der Waals surface area contributed by atoms with Gasteiger partial charge in [-0.3, -0.25) is 9.59 Å². The van der Waals surface area contributed by atoms with Gasteiger partial charge in [0.05, 0.1) is 18.3 Å². The summed E-state index contributed by atoms with van der Waals surface area (Å²) in [5.41, 5.74) is 2.42.